The van der Waals surface area contributed by atoms with E-state index in [1.807, 2.05) is 0 Å². The van der Waals surface area contributed by atoms with Crippen LogP contribution in [0, 0.1) is 11.3 Å². The third-order valence-corrected chi connectivity index (χ3v) is 1.99. The van der Waals surface area contributed by atoms with E-state index >= 15 is 0 Å². The van der Waals surface area contributed by atoms with Gasteiger partial charge in [0.25, 0.3) is 6.43 Å². The first kappa shape index (κ1) is 10.7. The van der Waals surface area contributed by atoms with Crippen molar-refractivity contribution >= 4 is 11.6 Å². The summed E-state index contributed by atoms with van der Waals surface area (Å²) >= 11 is 5.40. The van der Waals surface area contributed by atoms with E-state index in [0.29, 0.717) is 0 Å². The molecule has 0 radical (unpaired) electrons. The van der Waals surface area contributed by atoms with E-state index in [0.717, 1.165) is 6.20 Å². The second-order valence-corrected chi connectivity index (χ2v) is 2.88. The van der Waals surface area contributed by atoms with Crippen LogP contribution in [0.5, 0.6) is 0 Å². The number of nitrogens with one attached hydrogen (secondary N) is 1. The zero-order valence-electron chi connectivity index (χ0n) is 6.85. The zero-order valence-corrected chi connectivity index (χ0v) is 7.61. The molecule has 0 saturated carbocycles. The van der Waals surface area contributed by atoms with Crippen LogP contribution < -0.4 is 5.43 Å². The van der Waals surface area contributed by atoms with Crippen molar-refractivity contribution in [1.29, 1.82) is 5.26 Å². The smallest absolute Gasteiger partial charge is 0.279 e. The average molecular weight is 219 g/mol. The molecule has 3 nitrogen and oxygen atoms in total. The van der Waals surface area contributed by atoms with Crippen molar-refractivity contribution in [3.8, 4) is 6.07 Å². The molecule has 1 rings (SSSR count). The maximum absolute atomic E-state index is 12.2. The Balaban J connectivity index is 3.28. The molecule has 6 heteroatoms. The summed E-state index contributed by atoms with van der Waals surface area (Å²) in [4.78, 5) is 13.4. The highest BCUT2D eigenvalue weighted by Crippen LogP contribution is 2.21. The Kier molecular flexibility index (Phi) is 3.20. The predicted molar refractivity (Wildman–Crippen MR) is 46.3 cm³/mol. The van der Waals surface area contributed by atoms with Gasteiger partial charge in [0.1, 0.15) is 10.7 Å². The number of aromatic nitrogens is 1. The lowest BCUT2D eigenvalue weighted by Crippen LogP contribution is -2.12. The summed E-state index contributed by atoms with van der Waals surface area (Å²) in [7, 11) is 0. The second kappa shape index (κ2) is 4.20. The third kappa shape index (κ3) is 1.91. The van der Waals surface area contributed by atoms with Crippen LogP contribution in [0.2, 0.25) is 5.02 Å². The number of pyridine rings is 1. The number of alkyl halides is 2. The highest BCUT2D eigenvalue weighted by atomic mass is 35.5. The highest BCUT2D eigenvalue weighted by molar-refractivity contribution is 6.31. The standard InChI is InChI=1S/C8H5ClF2N2O/c9-5-6(8(10)11)13-3-4(1-2-12)7(5)14/h3,8H,1H2,(H,13,14). The van der Waals surface area contributed by atoms with Crippen LogP contribution in [0.1, 0.15) is 17.7 Å². The summed E-state index contributed by atoms with van der Waals surface area (Å²) in [6.07, 6.45) is -1.90. The number of H-pyrrole nitrogens is 1. The molecule has 0 atom stereocenters. The number of hydrogen-bond acceptors (Lipinski definition) is 2. The molecular weight excluding hydrogens is 214 g/mol. The number of nitrogens with zero attached hydrogens (tertiary/aromatic N) is 1. The minimum atomic E-state index is -2.83. The van der Waals surface area contributed by atoms with Crippen LogP contribution in [0.25, 0.3) is 0 Å². The fraction of sp³-hybridized carbons (Fsp3) is 0.250. The largest absolute Gasteiger partial charge is 0.359 e. The van der Waals surface area contributed by atoms with Crippen molar-refractivity contribution in [2.24, 2.45) is 0 Å². The lowest BCUT2D eigenvalue weighted by molar-refractivity contribution is 0.146. The lowest BCUT2D eigenvalue weighted by atomic mass is 10.2. The van der Waals surface area contributed by atoms with Gasteiger partial charge in [-0.1, -0.05) is 11.6 Å². The van der Waals surface area contributed by atoms with E-state index in [9.17, 15) is 13.6 Å². The van der Waals surface area contributed by atoms with E-state index < -0.39 is 22.6 Å². The molecule has 0 saturated heterocycles. The lowest BCUT2D eigenvalue weighted by Gasteiger charge is -2.03. The van der Waals surface area contributed by atoms with Crippen LogP contribution in [0.4, 0.5) is 8.78 Å². The van der Waals surface area contributed by atoms with E-state index in [4.69, 9.17) is 16.9 Å². The van der Waals surface area contributed by atoms with Gasteiger partial charge >= 0.3 is 0 Å². The molecule has 0 bridgehead atoms. The van der Waals surface area contributed by atoms with Crippen molar-refractivity contribution in [2.75, 3.05) is 0 Å². The first-order chi connectivity index (χ1) is 6.57. The summed E-state index contributed by atoms with van der Waals surface area (Å²) in [5.41, 5.74) is -1.25. The van der Waals surface area contributed by atoms with Gasteiger partial charge in [0, 0.05) is 11.8 Å². The van der Waals surface area contributed by atoms with E-state index in [2.05, 4.69) is 4.98 Å². The monoisotopic (exact) mass is 218 g/mol. The Morgan fingerprint density at radius 2 is 2.29 bits per heavy atom. The Hall–Kier alpha value is -1.41. The number of hydrogen-bond donors (Lipinski definition) is 1. The zero-order chi connectivity index (χ0) is 10.7. The Bertz CT molecular complexity index is 436. The van der Waals surface area contributed by atoms with Gasteiger partial charge in [-0.15, -0.1) is 0 Å². The molecule has 0 unspecified atom stereocenters. The van der Waals surface area contributed by atoms with Crippen LogP contribution in [0.15, 0.2) is 11.0 Å². The molecule has 74 valence electrons. The van der Waals surface area contributed by atoms with Gasteiger partial charge < -0.3 is 4.98 Å². The van der Waals surface area contributed by atoms with E-state index in [1.165, 1.54) is 0 Å². The summed E-state index contributed by atoms with van der Waals surface area (Å²) in [5.74, 6) is 0. The first-order valence-electron chi connectivity index (χ1n) is 3.63. The molecule has 0 aliphatic heterocycles. The molecule has 0 aliphatic rings. The van der Waals surface area contributed by atoms with Crippen LogP contribution >= 0.6 is 11.6 Å². The molecule has 1 aromatic rings. The number of nitriles is 1. The molecule has 0 aromatic carbocycles. The van der Waals surface area contributed by atoms with Gasteiger partial charge in [-0.3, -0.25) is 4.79 Å². The predicted octanol–water partition coefficient (Wildman–Crippen LogP) is 2.03. The molecule has 0 fully saturated rings. The SMILES string of the molecule is N#CCc1c[nH]c(C(F)F)c(Cl)c1=O. The van der Waals surface area contributed by atoms with Gasteiger partial charge in [0.05, 0.1) is 12.5 Å². The van der Waals surface area contributed by atoms with Crippen molar-refractivity contribution in [3.63, 3.8) is 0 Å². The Morgan fingerprint density at radius 1 is 1.64 bits per heavy atom. The van der Waals surface area contributed by atoms with Crippen LogP contribution in [-0.2, 0) is 6.42 Å². The quantitative estimate of drug-likeness (QED) is 0.826. The van der Waals surface area contributed by atoms with E-state index in [-0.39, 0.29) is 12.0 Å². The van der Waals surface area contributed by atoms with Crippen molar-refractivity contribution in [1.82, 2.24) is 4.98 Å². The molecule has 1 heterocycles. The van der Waals surface area contributed by atoms with E-state index in [1.54, 1.807) is 6.07 Å². The van der Waals surface area contributed by atoms with Crippen molar-refractivity contribution in [2.45, 2.75) is 12.8 Å². The van der Waals surface area contributed by atoms with Gasteiger partial charge in [0.2, 0.25) is 5.43 Å². The van der Waals surface area contributed by atoms with Gasteiger partial charge in [-0.2, -0.15) is 5.26 Å². The summed E-state index contributed by atoms with van der Waals surface area (Å²) in [6, 6.07) is 1.73. The molecule has 1 N–H and O–H groups in total. The van der Waals surface area contributed by atoms with Crippen molar-refractivity contribution < 1.29 is 8.78 Å². The molecule has 0 amide bonds. The number of aromatic amines is 1. The summed E-state index contributed by atoms with van der Waals surface area (Å²) in [6.45, 7) is 0. The Labute approximate surface area is 82.9 Å². The maximum Gasteiger partial charge on any atom is 0.279 e. The third-order valence-electron chi connectivity index (χ3n) is 1.62. The number of halogens is 3. The first-order valence-corrected chi connectivity index (χ1v) is 4.00. The average Bonchev–Trinajstić information content (AvgIpc) is 2.13. The maximum atomic E-state index is 12.2. The fourth-order valence-corrected chi connectivity index (χ4v) is 1.19. The minimum absolute atomic E-state index is 0.0851. The van der Waals surface area contributed by atoms with Crippen LogP contribution in [0.3, 0.4) is 0 Å². The fourth-order valence-electron chi connectivity index (χ4n) is 0.932. The van der Waals surface area contributed by atoms with Gasteiger partial charge in [0.15, 0.2) is 0 Å². The van der Waals surface area contributed by atoms with Gasteiger partial charge in [-0.25, -0.2) is 8.78 Å². The molecule has 1 aromatic heterocycles. The van der Waals surface area contributed by atoms with Crippen LogP contribution in [-0.4, -0.2) is 4.98 Å². The minimum Gasteiger partial charge on any atom is -0.359 e. The summed E-state index contributed by atoms with van der Waals surface area (Å²) in [5, 5.41) is 7.77. The molecule has 0 aliphatic carbocycles. The highest BCUT2D eigenvalue weighted by Gasteiger charge is 2.16. The second-order valence-electron chi connectivity index (χ2n) is 2.51. The molecular formula is C8H5ClF2N2O. The normalized spacial score (nSPS) is 10.2. The Morgan fingerprint density at radius 3 is 2.79 bits per heavy atom. The number of rotatable bonds is 2. The molecule has 0 spiro atoms. The summed E-state index contributed by atoms with van der Waals surface area (Å²) < 4.78 is 24.4. The molecule has 14 heavy (non-hydrogen) atoms. The van der Waals surface area contributed by atoms with Gasteiger partial charge in [-0.05, 0) is 0 Å². The van der Waals surface area contributed by atoms with Crippen molar-refractivity contribution in [3.05, 3.63) is 32.7 Å². The topological polar surface area (TPSA) is 56.6 Å².